The summed E-state index contributed by atoms with van der Waals surface area (Å²) >= 11 is 0. The van der Waals surface area contributed by atoms with Gasteiger partial charge < -0.3 is 4.89 Å². The summed E-state index contributed by atoms with van der Waals surface area (Å²) < 4.78 is 15.2. The fourth-order valence-corrected chi connectivity index (χ4v) is 7.88. The Balaban J connectivity index is 2.15. The molecule has 4 aromatic rings. The molecule has 0 saturated heterocycles. The first-order valence-electron chi connectivity index (χ1n) is 15.5. The maximum Gasteiger partial charge on any atom is 0.259 e. The number of hydrogen-bond donors (Lipinski definition) is 1. The third-order valence-electron chi connectivity index (χ3n) is 8.41. The van der Waals surface area contributed by atoms with Crippen LogP contribution in [-0.2, 0) is 26.2 Å². The molecule has 1 N–H and O–H groups in total. The average molecular weight is 595 g/mol. The molecule has 0 amide bonds. The zero-order valence-electron chi connectivity index (χ0n) is 28.4. The van der Waals surface area contributed by atoms with Crippen LogP contribution in [0, 0.1) is 0 Å². The van der Waals surface area contributed by atoms with Crippen molar-refractivity contribution >= 4 is 18.0 Å². The molecule has 0 fully saturated rings. The predicted octanol–water partition coefficient (Wildman–Crippen LogP) is 10.4. The van der Waals surface area contributed by atoms with Crippen molar-refractivity contribution < 1.29 is 9.46 Å². The van der Waals surface area contributed by atoms with Gasteiger partial charge in [-0.2, -0.15) is 0 Å². The highest BCUT2D eigenvalue weighted by molar-refractivity contribution is 7.73. The predicted molar refractivity (Wildman–Crippen MR) is 188 cm³/mol. The van der Waals surface area contributed by atoms with Crippen molar-refractivity contribution in [2.24, 2.45) is 0 Å². The minimum absolute atomic E-state index is 0.0248. The summed E-state index contributed by atoms with van der Waals surface area (Å²) in [5.41, 5.74) is 7.71. The zero-order valence-corrected chi connectivity index (χ0v) is 29.3. The molecule has 43 heavy (non-hydrogen) atoms. The molecule has 0 aliphatic heterocycles. The smallest absolute Gasteiger partial charge is 0.259 e. The maximum atomic E-state index is 15.2. The standard InChI is InChI=1S/C40H51O2P/c1-37(2,3)28-21-23-31(32(25-28)39(7,8)9)36-30(27-17-14-13-15-18-27)19-16-20-35(36)43(41,42)34-24-22-29(38(4,5)6)26-33(34)40(10,11)12/h13-26H,1-12H3,(H,41,42). The third-order valence-corrected chi connectivity index (χ3v) is 10.5. The largest absolute Gasteiger partial charge is 0.338 e. The average Bonchev–Trinajstić information content (AvgIpc) is 2.90. The van der Waals surface area contributed by atoms with E-state index >= 15 is 4.57 Å². The molecular formula is C40H51O2P. The first-order chi connectivity index (χ1) is 19.6. The van der Waals surface area contributed by atoms with Crippen molar-refractivity contribution in [1.82, 2.24) is 0 Å². The summed E-state index contributed by atoms with van der Waals surface area (Å²) in [5.74, 6) is 0. The molecule has 0 aliphatic rings. The lowest BCUT2D eigenvalue weighted by Gasteiger charge is -2.31. The van der Waals surface area contributed by atoms with Gasteiger partial charge in [0.2, 0.25) is 0 Å². The molecule has 0 bridgehead atoms. The van der Waals surface area contributed by atoms with Crippen molar-refractivity contribution in [3.63, 3.8) is 0 Å². The fraction of sp³-hybridized carbons (Fsp3) is 0.400. The molecule has 3 heteroatoms. The van der Waals surface area contributed by atoms with Gasteiger partial charge in [-0.1, -0.05) is 156 Å². The van der Waals surface area contributed by atoms with Gasteiger partial charge in [-0.25, -0.2) is 0 Å². The molecule has 1 atom stereocenters. The Labute approximate surface area is 261 Å². The summed E-state index contributed by atoms with van der Waals surface area (Å²) in [7, 11) is -4.07. The Hall–Kier alpha value is -2.93. The molecule has 0 aromatic heterocycles. The van der Waals surface area contributed by atoms with Crippen LogP contribution in [0.2, 0.25) is 0 Å². The van der Waals surface area contributed by atoms with Crippen LogP contribution >= 0.6 is 7.37 Å². The van der Waals surface area contributed by atoms with E-state index < -0.39 is 7.37 Å². The molecule has 228 valence electrons. The minimum atomic E-state index is -4.07. The molecular weight excluding hydrogens is 543 g/mol. The highest BCUT2D eigenvalue weighted by Crippen LogP contribution is 2.49. The first kappa shape index (κ1) is 33.0. The number of hydrogen-bond acceptors (Lipinski definition) is 1. The van der Waals surface area contributed by atoms with E-state index in [1.807, 2.05) is 42.5 Å². The Morgan fingerprint density at radius 1 is 0.488 bits per heavy atom. The van der Waals surface area contributed by atoms with Crippen molar-refractivity contribution in [2.45, 2.75) is 105 Å². The van der Waals surface area contributed by atoms with Crippen LogP contribution in [0.3, 0.4) is 0 Å². The van der Waals surface area contributed by atoms with Crippen LogP contribution in [0.15, 0.2) is 84.9 Å². The van der Waals surface area contributed by atoms with Crippen LogP contribution in [0.25, 0.3) is 22.3 Å². The molecule has 0 heterocycles. The van der Waals surface area contributed by atoms with E-state index in [9.17, 15) is 4.89 Å². The normalized spacial score (nSPS) is 14.4. The van der Waals surface area contributed by atoms with E-state index in [2.05, 4.69) is 126 Å². The van der Waals surface area contributed by atoms with E-state index in [1.165, 1.54) is 11.1 Å². The highest BCUT2D eigenvalue weighted by Gasteiger charge is 2.36. The fourth-order valence-electron chi connectivity index (χ4n) is 5.78. The summed E-state index contributed by atoms with van der Waals surface area (Å²) in [6.45, 7) is 26.3. The monoisotopic (exact) mass is 594 g/mol. The summed E-state index contributed by atoms with van der Waals surface area (Å²) in [6.07, 6.45) is 0. The Bertz CT molecular complexity index is 1670. The summed E-state index contributed by atoms with van der Waals surface area (Å²) in [4.78, 5) is 12.4. The van der Waals surface area contributed by atoms with Crippen molar-refractivity contribution in [1.29, 1.82) is 0 Å². The van der Waals surface area contributed by atoms with Crippen LogP contribution in [0.4, 0.5) is 0 Å². The Kier molecular flexibility index (Phi) is 8.60. The Morgan fingerprint density at radius 3 is 1.51 bits per heavy atom. The molecule has 2 nitrogen and oxygen atoms in total. The van der Waals surface area contributed by atoms with E-state index in [0.717, 1.165) is 33.4 Å². The summed E-state index contributed by atoms with van der Waals surface area (Å²) in [5, 5.41) is 1.000. The van der Waals surface area contributed by atoms with Crippen LogP contribution < -0.4 is 10.6 Å². The molecule has 1 unspecified atom stereocenters. The van der Waals surface area contributed by atoms with Crippen LogP contribution in [-0.4, -0.2) is 4.89 Å². The second-order valence-corrected chi connectivity index (χ2v) is 18.2. The van der Waals surface area contributed by atoms with E-state index in [0.29, 0.717) is 10.6 Å². The van der Waals surface area contributed by atoms with Gasteiger partial charge in [0, 0.05) is 16.2 Å². The third kappa shape index (κ3) is 6.77. The number of benzene rings is 4. The lowest BCUT2D eigenvalue weighted by molar-refractivity contribution is 0.498. The van der Waals surface area contributed by atoms with Crippen LogP contribution in [0.1, 0.15) is 105 Å². The second-order valence-electron chi connectivity index (χ2n) is 16.1. The first-order valence-corrected chi connectivity index (χ1v) is 17.1. The van der Waals surface area contributed by atoms with Crippen molar-refractivity contribution in [2.75, 3.05) is 0 Å². The lowest BCUT2D eigenvalue weighted by atomic mass is 9.76. The van der Waals surface area contributed by atoms with Gasteiger partial charge in [-0.15, -0.1) is 0 Å². The minimum Gasteiger partial charge on any atom is -0.338 e. The number of rotatable bonds is 4. The molecule has 0 aliphatic carbocycles. The summed E-state index contributed by atoms with van der Waals surface area (Å²) in [6, 6.07) is 28.9. The lowest BCUT2D eigenvalue weighted by Crippen LogP contribution is -2.29. The van der Waals surface area contributed by atoms with Crippen molar-refractivity contribution in [3.8, 4) is 22.3 Å². The van der Waals surface area contributed by atoms with Gasteiger partial charge in [-0.05, 0) is 72.7 Å². The maximum absolute atomic E-state index is 15.2. The van der Waals surface area contributed by atoms with Gasteiger partial charge >= 0.3 is 0 Å². The van der Waals surface area contributed by atoms with Gasteiger partial charge in [-0.3, -0.25) is 4.57 Å². The highest BCUT2D eigenvalue weighted by atomic mass is 31.2. The molecule has 0 saturated carbocycles. The SMILES string of the molecule is CC(C)(C)c1ccc(-c2c(-c3ccccc3)cccc2P(=O)(O)c2ccc(C(C)(C)C)cc2C(C)(C)C)c(C(C)(C)C)c1. The quantitative estimate of drug-likeness (QED) is 0.239. The molecule has 0 radical (unpaired) electrons. The topological polar surface area (TPSA) is 37.3 Å². The van der Waals surface area contributed by atoms with Crippen LogP contribution in [0.5, 0.6) is 0 Å². The zero-order chi connectivity index (χ0) is 32.2. The molecule has 4 rings (SSSR count). The van der Waals surface area contributed by atoms with Gasteiger partial charge in [0.05, 0.1) is 0 Å². The molecule has 4 aromatic carbocycles. The Morgan fingerprint density at radius 2 is 1.00 bits per heavy atom. The second kappa shape index (κ2) is 11.2. The molecule has 0 spiro atoms. The van der Waals surface area contributed by atoms with E-state index in [-0.39, 0.29) is 21.7 Å². The van der Waals surface area contributed by atoms with Gasteiger partial charge in [0.25, 0.3) is 7.37 Å². The van der Waals surface area contributed by atoms with Crippen molar-refractivity contribution in [3.05, 3.63) is 107 Å². The van der Waals surface area contributed by atoms with Gasteiger partial charge in [0.1, 0.15) is 0 Å². The van der Waals surface area contributed by atoms with E-state index in [4.69, 9.17) is 0 Å². The van der Waals surface area contributed by atoms with E-state index in [1.54, 1.807) is 0 Å². The van der Waals surface area contributed by atoms with Gasteiger partial charge in [0.15, 0.2) is 0 Å².